The maximum absolute atomic E-state index is 13.9. The summed E-state index contributed by atoms with van der Waals surface area (Å²) in [5, 5.41) is 4.75. The highest BCUT2D eigenvalue weighted by atomic mass is 32.1. The first-order chi connectivity index (χ1) is 17.0. The highest BCUT2D eigenvalue weighted by Crippen LogP contribution is 2.41. The Bertz CT molecular complexity index is 1690. The smallest absolute Gasteiger partial charge is 0.271 e. The average molecular weight is 489 g/mol. The van der Waals surface area contributed by atoms with Crippen molar-refractivity contribution in [3.63, 3.8) is 0 Å². The van der Waals surface area contributed by atoms with Crippen molar-refractivity contribution >= 4 is 60.5 Å². The van der Waals surface area contributed by atoms with Gasteiger partial charge in [0, 0.05) is 24.8 Å². The number of imidazole rings is 1. The van der Waals surface area contributed by atoms with Gasteiger partial charge in [0.25, 0.3) is 11.5 Å². The first kappa shape index (κ1) is 20.6. The Labute approximate surface area is 203 Å². The Hall–Kier alpha value is -3.73. The van der Waals surface area contributed by atoms with Gasteiger partial charge in [-0.3, -0.25) is 9.59 Å². The van der Waals surface area contributed by atoms with E-state index in [-0.39, 0.29) is 11.5 Å². The molecule has 2 aliphatic rings. The molecule has 0 spiro atoms. The third-order valence-corrected chi connectivity index (χ3v) is 7.97. The van der Waals surface area contributed by atoms with Crippen LogP contribution in [0.3, 0.4) is 0 Å². The molecule has 35 heavy (non-hydrogen) atoms. The van der Waals surface area contributed by atoms with E-state index in [4.69, 9.17) is 4.98 Å². The molecule has 11 heteroatoms. The summed E-state index contributed by atoms with van der Waals surface area (Å²) in [4.78, 5) is 48.1. The predicted molar refractivity (Wildman–Crippen MR) is 136 cm³/mol. The van der Waals surface area contributed by atoms with Crippen molar-refractivity contribution in [3.8, 4) is 0 Å². The number of carbonyl (C=O) groups excluding carboxylic acids is 1. The van der Waals surface area contributed by atoms with Gasteiger partial charge in [-0.15, -0.1) is 0 Å². The van der Waals surface area contributed by atoms with Crippen LogP contribution in [0.2, 0.25) is 0 Å². The molecule has 10 nitrogen and oxygen atoms in total. The monoisotopic (exact) mass is 488 g/mol. The number of aromatic amines is 2. The molecule has 0 bridgehead atoms. The Morgan fingerprint density at radius 3 is 2.69 bits per heavy atom. The van der Waals surface area contributed by atoms with Crippen molar-refractivity contribution < 1.29 is 4.79 Å². The number of fused-ring (bicyclic) bond motifs is 4. The van der Waals surface area contributed by atoms with Crippen LogP contribution >= 0.6 is 11.3 Å². The van der Waals surface area contributed by atoms with Crippen LogP contribution in [-0.2, 0) is 6.54 Å². The zero-order chi connectivity index (χ0) is 23.8. The van der Waals surface area contributed by atoms with Crippen molar-refractivity contribution in [2.75, 3.05) is 5.32 Å². The van der Waals surface area contributed by atoms with Crippen LogP contribution in [0.4, 0.5) is 10.9 Å². The minimum atomic E-state index is -0.169. The summed E-state index contributed by atoms with van der Waals surface area (Å²) in [6.07, 6.45) is 7.60. The number of amides is 1. The van der Waals surface area contributed by atoms with Crippen molar-refractivity contribution in [1.82, 2.24) is 34.4 Å². The fraction of sp³-hybridized carbons (Fsp3) is 0.375. The summed E-state index contributed by atoms with van der Waals surface area (Å²) in [5.41, 5.74) is 4.31. The fourth-order valence-corrected chi connectivity index (χ4v) is 5.97. The maximum atomic E-state index is 13.9. The molecule has 2 fully saturated rings. The van der Waals surface area contributed by atoms with Gasteiger partial charge < -0.3 is 24.8 Å². The Kier molecular flexibility index (Phi) is 4.35. The largest absolute Gasteiger partial charge is 0.342 e. The molecule has 0 radical (unpaired) electrons. The van der Waals surface area contributed by atoms with Crippen molar-refractivity contribution in [2.24, 2.45) is 0 Å². The molecule has 1 amide bonds. The second kappa shape index (κ2) is 7.38. The number of H-pyrrole nitrogens is 2. The van der Waals surface area contributed by atoms with Gasteiger partial charge >= 0.3 is 0 Å². The molecular formula is C24H24N8O2S. The van der Waals surface area contributed by atoms with Crippen LogP contribution in [0.25, 0.3) is 32.3 Å². The molecule has 0 aromatic carbocycles. The average Bonchev–Trinajstić information content (AvgIpc) is 3.74. The molecule has 0 saturated heterocycles. The molecule has 7 rings (SSSR count). The van der Waals surface area contributed by atoms with Crippen LogP contribution < -0.4 is 10.9 Å². The van der Waals surface area contributed by atoms with Crippen molar-refractivity contribution in [3.05, 3.63) is 40.2 Å². The van der Waals surface area contributed by atoms with Gasteiger partial charge in [-0.2, -0.15) is 0 Å². The standard InChI is InChI=1S/C24H24N8O2S/c1-3-31-18(23(34)32(12-4-5-12)13-6-7-13)11(2)15-16-17(27-10-26-16)20(29-21(15)31)30-24-28-14-8-9-25-22(33)19(14)35-24/h8-10,12-13H,3-7H2,1-2H3,(H,25,33)(H,26,27)(H,28,29,30). The van der Waals surface area contributed by atoms with Gasteiger partial charge in [0.15, 0.2) is 10.9 Å². The number of nitrogens with zero attached hydrogens (tertiary/aromatic N) is 5. The lowest BCUT2D eigenvalue weighted by Crippen LogP contribution is -2.36. The predicted octanol–water partition coefficient (Wildman–Crippen LogP) is 4.05. The number of hydrogen-bond acceptors (Lipinski definition) is 7. The van der Waals surface area contributed by atoms with E-state index in [0.717, 1.165) is 53.3 Å². The number of nitrogens with one attached hydrogen (secondary N) is 3. The molecule has 0 atom stereocenters. The summed E-state index contributed by atoms with van der Waals surface area (Å²) >= 11 is 1.27. The lowest BCUT2D eigenvalue weighted by molar-refractivity contribution is 0.0718. The zero-order valence-corrected chi connectivity index (χ0v) is 20.2. The number of carbonyl (C=O) groups is 1. The van der Waals surface area contributed by atoms with Gasteiger partial charge in [-0.05, 0) is 51.2 Å². The molecule has 5 heterocycles. The summed E-state index contributed by atoms with van der Waals surface area (Å²) in [7, 11) is 0. The second-order valence-corrected chi connectivity index (χ2v) is 10.3. The summed E-state index contributed by atoms with van der Waals surface area (Å²) in [6, 6.07) is 2.52. The van der Waals surface area contributed by atoms with E-state index in [1.165, 1.54) is 11.3 Å². The van der Waals surface area contributed by atoms with E-state index < -0.39 is 0 Å². The summed E-state index contributed by atoms with van der Waals surface area (Å²) < 4.78 is 2.57. The first-order valence-electron chi connectivity index (χ1n) is 12.0. The number of thiazole rings is 1. The van der Waals surface area contributed by atoms with Crippen LogP contribution in [0.1, 0.15) is 48.7 Å². The molecule has 2 saturated carbocycles. The van der Waals surface area contributed by atoms with Gasteiger partial charge in [0.2, 0.25) is 0 Å². The van der Waals surface area contributed by atoms with Crippen LogP contribution in [0, 0.1) is 6.92 Å². The number of pyridine rings is 2. The molecule has 5 aromatic rings. The van der Waals surface area contributed by atoms with Crippen molar-refractivity contribution in [1.29, 1.82) is 0 Å². The van der Waals surface area contributed by atoms with Gasteiger partial charge in [-0.25, -0.2) is 15.0 Å². The highest BCUT2D eigenvalue weighted by molar-refractivity contribution is 7.22. The molecule has 0 unspecified atom stereocenters. The summed E-state index contributed by atoms with van der Waals surface area (Å²) in [6.45, 7) is 4.66. The van der Waals surface area contributed by atoms with Gasteiger partial charge in [0.05, 0.1) is 17.2 Å². The molecular weight excluding hydrogens is 464 g/mol. The molecule has 5 aromatic heterocycles. The Morgan fingerprint density at radius 2 is 2.00 bits per heavy atom. The number of rotatable bonds is 6. The zero-order valence-electron chi connectivity index (χ0n) is 19.4. The molecule has 178 valence electrons. The third kappa shape index (κ3) is 3.10. The number of aryl methyl sites for hydroxylation is 2. The van der Waals surface area contributed by atoms with Gasteiger partial charge in [-0.1, -0.05) is 11.3 Å². The summed E-state index contributed by atoms with van der Waals surface area (Å²) in [5.74, 6) is 0.670. The van der Waals surface area contributed by atoms with Crippen LogP contribution in [0.15, 0.2) is 23.4 Å². The quantitative estimate of drug-likeness (QED) is 0.331. The molecule has 3 N–H and O–H groups in total. The minimum Gasteiger partial charge on any atom is -0.342 e. The van der Waals surface area contributed by atoms with E-state index >= 15 is 0 Å². The number of hydrogen-bond donors (Lipinski definition) is 3. The third-order valence-electron chi connectivity index (χ3n) is 6.98. The Balaban J connectivity index is 1.40. The van der Waals surface area contributed by atoms with E-state index in [2.05, 4.69) is 30.2 Å². The number of aromatic nitrogens is 6. The highest BCUT2D eigenvalue weighted by Gasteiger charge is 2.43. The van der Waals surface area contributed by atoms with Crippen LogP contribution in [-0.4, -0.2) is 52.4 Å². The van der Waals surface area contributed by atoms with Gasteiger partial charge in [0.1, 0.15) is 27.1 Å². The Morgan fingerprint density at radius 1 is 1.23 bits per heavy atom. The lowest BCUT2D eigenvalue weighted by Gasteiger charge is -2.23. The fourth-order valence-electron chi connectivity index (χ4n) is 5.11. The topological polar surface area (TPSA) is 125 Å². The van der Waals surface area contributed by atoms with E-state index in [1.807, 2.05) is 18.4 Å². The normalized spacial score (nSPS) is 15.9. The SMILES string of the molecule is CCn1c(C(=O)N(C2CC2)C2CC2)c(C)c2c3nc[nH]c3c(Nc3nc4cc[nH]c(=O)c4s3)nc21. The maximum Gasteiger partial charge on any atom is 0.271 e. The lowest BCUT2D eigenvalue weighted by atomic mass is 10.1. The van der Waals surface area contributed by atoms with E-state index in [0.29, 0.717) is 45.5 Å². The van der Waals surface area contributed by atoms with Crippen molar-refractivity contribution in [2.45, 2.75) is 58.2 Å². The minimum absolute atomic E-state index is 0.107. The molecule has 0 aliphatic heterocycles. The molecule has 2 aliphatic carbocycles. The van der Waals surface area contributed by atoms with Crippen LogP contribution in [0.5, 0.6) is 0 Å². The second-order valence-electron chi connectivity index (χ2n) is 9.34. The van der Waals surface area contributed by atoms with E-state index in [9.17, 15) is 9.59 Å². The first-order valence-corrected chi connectivity index (χ1v) is 12.8. The number of anilines is 2. The van der Waals surface area contributed by atoms with E-state index in [1.54, 1.807) is 18.6 Å².